The number of hydrogen-bond acceptors (Lipinski definition) is 1. The van der Waals surface area contributed by atoms with Crippen LogP contribution in [-0.4, -0.2) is 5.11 Å². The second-order valence-corrected chi connectivity index (χ2v) is 5.34. The summed E-state index contributed by atoms with van der Waals surface area (Å²) in [6.07, 6.45) is -0.899. The van der Waals surface area contributed by atoms with Gasteiger partial charge in [0.1, 0.15) is 5.82 Å². The van der Waals surface area contributed by atoms with Gasteiger partial charge in [-0.05, 0) is 29.8 Å². The Morgan fingerprint density at radius 2 is 1.68 bits per heavy atom. The van der Waals surface area contributed by atoms with Crippen molar-refractivity contribution in [1.82, 2.24) is 0 Å². The highest BCUT2D eigenvalue weighted by Crippen LogP contribution is 2.32. The fourth-order valence-electron chi connectivity index (χ4n) is 1.83. The Morgan fingerprint density at radius 1 is 1.05 bits per heavy atom. The number of rotatable bonds is 3. The van der Waals surface area contributed by atoms with Crippen LogP contribution in [0.5, 0.6) is 0 Å². The van der Waals surface area contributed by atoms with Gasteiger partial charge in [0, 0.05) is 27.1 Å². The first-order chi connectivity index (χ1) is 8.99. The molecule has 0 fully saturated rings. The Bertz CT molecular complexity index is 581. The molecular weight excluding hydrogens is 310 g/mol. The first-order valence-corrected chi connectivity index (χ1v) is 6.68. The van der Waals surface area contributed by atoms with Crippen molar-refractivity contribution < 1.29 is 9.50 Å². The molecular formula is C14H10Cl3FO. The summed E-state index contributed by atoms with van der Waals surface area (Å²) in [7, 11) is 0. The van der Waals surface area contributed by atoms with E-state index < -0.39 is 11.9 Å². The smallest absolute Gasteiger partial charge is 0.127 e. The minimum absolute atomic E-state index is 0.0758. The van der Waals surface area contributed by atoms with Crippen LogP contribution < -0.4 is 0 Å². The van der Waals surface area contributed by atoms with E-state index in [1.807, 2.05) is 0 Å². The van der Waals surface area contributed by atoms with Crippen molar-refractivity contribution >= 4 is 34.8 Å². The van der Waals surface area contributed by atoms with Gasteiger partial charge in [-0.1, -0.05) is 46.9 Å². The summed E-state index contributed by atoms with van der Waals surface area (Å²) < 4.78 is 13.7. The third-order valence-corrected chi connectivity index (χ3v) is 3.66. The summed E-state index contributed by atoms with van der Waals surface area (Å²) in [5.41, 5.74) is 0.757. The molecule has 0 saturated heterocycles. The number of benzene rings is 2. The minimum atomic E-state index is -0.975. The van der Waals surface area contributed by atoms with E-state index in [9.17, 15) is 9.50 Å². The number of halogens is 4. The Morgan fingerprint density at radius 3 is 2.26 bits per heavy atom. The summed E-state index contributed by atoms with van der Waals surface area (Å²) in [6.45, 7) is 0. The summed E-state index contributed by atoms with van der Waals surface area (Å²) in [4.78, 5) is 0. The van der Waals surface area contributed by atoms with Crippen LogP contribution in [0.3, 0.4) is 0 Å². The molecule has 0 aliphatic rings. The van der Waals surface area contributed by atoms with Gasteiger partial charge in [0.2, 0.25) is 0 Å². The first-order valence-electron chi connectivity index (χ1n) is 5.55. The molecule has 0 bridgehead atoms. The molecule has 1 N–H and O–H groups in total. The Balaban J connectivity index is 2.28. The van der Waals surface area contributed by atoms with Crippen molar-refractivity contribution in [2.75, 3.05) is 0 Å². The predicted molar refractivity (Wildman–Crippen MR) is 76.5 cm³/mol. The average molecular weight is 320 g/mol. The monoisotopic (exact) mass is 318 g/mol. The predicted octanol–water partition coefficient (Wildman–Crippen LogP) is 5.06. The van der Waals surface area contributed by atoms with E-state index >= 15 is 0 Å². The molecule has 19 heavy (non-hydrogen) atoms. The lowest BCUT2D eigenvalue weighted by Gasteiger charge is -2.15. The molecule has 100 valence electrons. The lowest BCUT2D eigenvalue weighted by molar-refractivity contribution is 0.177. The first kappa shape index (κ1) is 14.6. The zero-order valence-electron chi connectivity index (χ0n) is 9.71. The second kappa shape index (κ2) is 6.10. The van der Waals surface area contributed by atoms with Gasteiger partial charge in [-0.25, -0.2) is 4.39 Å². The maximum absolute atomic E-state index is 13.7. The van der Waals surface area contributed by atoms with E-state index in [4.69, 9.17) is 34.8 Å². The zero-order chi connectivity index (χ0) is 14.0. The van der Waals surface area contributed by atoms with Crippen LogP contribution in [0.1, 0.15) is 17.2 Å². The van der Waals surface area contributed by atoms with Crippen molar-refractivity contribution in [1.29, 1.82) is 0 Å². The van der Waals surface area contributed by atoms with Crippen molar-refractivity contribution in [3.05, 3.63) is 68.4 Å². The second-order valence-electron chi connectivity index (χ2n) is 4.09. The maximum Gasteiger partial charge on any atom is 0.127 e. The standard InChI is InChI=1S/C14H10Cl3FO/c15-9-5-4-8(12(18)7-9)6-13(19)14-10(16)2-1-3-11(14)17/h1-5,7,13,19H,6H2. The Kier molecular flexibility index (Phi) is 4.69. The molecule has 2 aromatic carbocycles. The SMILES string of the molecule is OC(Cc1ccc(Cl)cc1F)c1c(Cl)cccc1Cl. The van der Waals surface area contributed by atoms with Gasteiger partial charge in [-0.3, -0.25) is 0 Å². The molecule has 1 nitrogen and oxygen atoms in total. The topological polar surface area (TPSA) is 20.2 Å². The zero-order valence-corrected chi connectivity index (χ0v) is 12.0. The molecule has 2 aromatic rings. The fraction of sp³-hybridized carbons (Fsp3) is 0.143. The molecule has 1 atom stereocenters. The van der Waals surface area contributed by atoms with Gasteiger partial charge in [0.05, 0.1) is 6.10 Å². The van der Waals surface area contributed by atoms with Crippen LogP contribution >= 0.6 is 34.8 Å². The van der Waals surface area contributed by atoms with Gasteiger partial charge in [0.25, 0.3) is 0 Å². The molecule has 0 saturated carbocycles. The molecule has 0 aliphatic heterocycles. The summed E-state index contributed by atoms with van der Waals surface area (Å²) in [5, 5.41) is 11.2. The maximum atomic E-state index is 13.7. The van der Waals surface area contributed by atoms with Gasteiger partial charge >= 0.3 is 0 Å². The van der Waals surface area contributed by atoms with Crippen LogP contribution in [0.25, 0.3) is 0 Å². The summed E-state index contributed by atoms with van der Waals surface area (Å²) in [6, 6.07) is 9.25. The Hall–Kier alpha value is -0.800. The minimum Gasteiger partial charge on any atom is -0.388 e. The molecule has 5 heteroatoms. The van der Waals surface area contributed by atoms with Crippen molar-refractivity contribution in [2.24, 2.45) is 0 Å². The molecule has 2 rings (SSSR count). The van der Waals surface area contributed by atoms with E-state index in [-0.39, 0.29) is 6.42 Å². The van der Waals surface area contributed by atoms with Crippen molar-refractivity contribution in [2.45, 2.75) is 12.5 Å². The quantitative estimate of drug-likeness (QED) is 0.838. The van der Waals surface area contributed by atoms with Crippen LogP contribution in [-0.2, 0) is 6.42 Å². The number of aliphatic hydroxyl groups is 1. The third-order valence-electron chi connectivity index (χ3n) is 2.76. The highest BCUT2D eigenvalue weighted by atomic mass is 35.5. The molecule has 0 heterocycles. The van der Waals surface area contributed by atoms with E-state index in [1.54, 1.807) is 24.3 Å². The molecule has 0 radical (unpaired) electrons. The molecule has 0 aromatic heterocycles. The van der Waals surface area contributed by atoms with Gasteiger partial charge in [0.15, 0.2) is 0 Å². The lowest BCUT2D eigenvalue weighted by Crippen LogP contribution is -2.05. The van der Waals surface area contributed by atoms with Crippen LogP contribution in [0.2, 0.25) is 15.1 Å². The molecule has 0 aliphatic carbocycles. The largest absolute Gasteiger partial charge is 0.388 e. The normalized spacial score (nSPS) is 12.5. The summed E-state index contributed by atoms with van der Waals surface area (Å²) in [5.74, 6) is -0.463. The lowest BCUT2D eigenvalue weighted by atomic mass is 10.0. The highest BCUT2D eigenvalue weighted by molar-refractivity contribution is 6.36. The third kappa shape index (κ3) is 3.40. The number of aliphatic hydroxyl groups excluding tert-OH is 1. The van der Waals surface area contributed by atoms with E-state index in [0.717, 1.165) is 0 Å². The van der Waals surface area contributed by atoms with E-state index in [2.05, 4.69) is 0 Å². The number of hydrogen-bond donors (Lipinski definition) is 1. The van der Waals surface area contributed by atoms with Gasteiger partial charge < -0.3 is 5.11 Å². The summed E-state index contributed by atoms with van der Waals surface area (Å²) >= 11 is 17.7. The van der Waals surface area contributed by atoms with Crippen LogP contribution in [0.4, 0.5) is 4.39 Å². The highest BCUT2D eigenvalue weighted by Gasteiger charge is 2.17. The van der Waals surface area contributed by atoms with Crippen LogP contribution in [0.15, 0.2) is 36.4 Å². The molecule has 0 amide bonds. The average Bonchev–Trinajstić information content (AvgIpc) is 2.32. The van der Waals surface area contributed by atoms with Gasteiger partial charge in [-0.15, -0.1) is 0 Å². The molecule has 1 unspecified atom stereocenters. The van der Waals surface area contributed by atoms with Crippen molar-refractivity contribution in [3.8, 4) is 0 Å². The Labute approximate surface area is 125 Å². The van der Waals surface area contributed by atoms with E-state index in [0.29, 0.717) is 26.2 Å². The van der Waals surface area contributed by atoms with E-state index in [1.165, 1.54) is 12.1 Å². The van der Waals surface area contributed by atoms with Crippen LogP contribution in [0, 0.1) is 5.82 Å². The molecule has 0 spiro atoms. The van der Waals surface area contributed by atoms with Gasteiger partial charge in [-0.2, -0.15) is 0 Å². The fourth-order valence-corrected chi connectivity index (χ4v) is 2.63. The van der Waals surface area contributed by atoms with Crippen molar-refractivity contribution in [3.63, 3.8) is 0 Å².